The number of rotatable bonds is 6. The van der Waals surface area contributed by atoms with E-state index in [0.717, 1.165) is 16.9 Å². The van der Waals surface area contributed by atoms with Gasteiger partial charge in [0.1, 0.15) is 5.75 Å². The fourth-order valence-corrected chi connectivity index (χ4v) is 2.26. The van der Waals surface area contributed by atoms with Crippen LogP contribution in [0.3, 0.4) is 0 Å². The van der Waals surface area contributed by atoms with Crippen molar-refractivity contribution in [3.8, 4) is 11.5 Å². The third-order valence-electron chi connectivity index (χ3n) is 3.40. The first-order valence-corrected chi connectivity index (χ1v) is 6.61. The van der Waals surface area contributed by atoms with Crippen LogP contribution in [0.15, 0.2) is 42.5 Å². The maximum atomic E-state index is 13.5. The van der Waals surface area contributed by atoms with E-state index in [1.165, 1.54) is 13.2 Å². The number of hydrogen-bond acceptors (Lipinski definition) is 4. The highest BCUT2D eigenvalue weighted by atomic mass is 19.1. The molecule has 0 amide bonds. The molecular weight excluding hydrogens is 271 g/mol. The zero-order chi connectivity index (χ0) is 15.2. The molecule has 0 saturated carbocycles. The molecular formula is C16H19FN2O2. The average molecular weight is 290 g/mol. The highest BCUT2D eigenvalue weighted by Crippen LogP contribution is 2.27. The van der Waals surface area contributed by atoms with E-state index in [4.69, 9.17) is 15.3 Å². The van der Waals surface area contributed by atoms with Crippen LogP contribution >= 0.6 is 0 Å². The SMILES string of the molecule is COc1cc(C(Cc2ccccc2OC)NN)ccc1F. The fourth-order valence-electron chi connectivity index (χ4n) is 2.26. The zero-order valence-electron chi connectivity index (χ0n) is 12.1. The van der Waals surface area contributed by atoms with Crippen molar-refractivity contribution in [3.05, 3.63) is 59.4 Å². The molecule has 2 rings (SSSR count). The van der Waals surface area contributed by atoms with Gasteiger partial charge < -0.3 is 9.47 Å². The van der Waals surface area contributed by atoms with Crippen LogP contribution in [0.1, 0.15) is 17.2 Å². The molecule has 4 nitrogen and oxygen atoms in total. The summed E-state index contributed by atoms with van der Waals surface area (Å²) in [6, 6.07) is 12.3. The molecule has 2 aromatic carbocycles. The Bertz CT molecular complexity index is 605. The predicted octanol–water partition coefficient (Wildman–Crippen LogP) is 2.59. The number of nitrogens with two attached hydrogens (primary N) is 1. The largest absolute Gasteiger partial charge is 0.496 e. The van der Waals surface area contributed by atoms with Crippen LogP contribution in [0, 0.1) is 5.82 Å². The van der Waals surface area contributed by atoms with Crippen molar-refractivity contribution in [2.24, 2.45) is 5.84 Å². The summed E-state index contributed by atoms with van der Waals surface area (Å²) in [6.07, 6.45) is 0.620. The third-order valence-corrected chi connectivity index (χ3v) is 3.40. The molecule has 5 heteroatoms. The molecule has 3 N–H and O–H groups in total. The fraction of sp³-hybridized carbons (Fsp3) is 0.250. The van der Waals surface area contributed by atoms with E-state index in [-0.39, 0.29) is 11.8 Å². The Morgan fingerprint density at radius 1 is 1.10 bits per heavy atom. The molecule has 0 radical (unpaired) electrons. The Morgan fingerprint density at radius 2 is 1.81 bits per heavy atom. The molecule has 0 aromatic heterocycles. The lowest BCUT2D eigenvalue weighted by molar-refractivity contribution is 0.384. The number of halogens is 1. The minimum Gasteiger partial charge on any atom is -0.496 e. The Balaban J connectivity index is 2.27. The van der Waals surface area contributed by atoms with Gasteiger partial charge in [-0.2, -0.15) is 0 Å². The Labute approximate surface area is 123 Å². The van der Waals surface area contributed by atoms with E-state index in [1.54, 1.807) is 19.2 Å². The maximum absolute atomic E-state index is 13.5. The first kappa shape index (κ1) is 15.3. The van der Waals surface area contributed by atoms with E-state index in [0.29, 0.717) is 6.42 Å². The van der Waals surface area contributed by atoms with Gasteiger partial charge in [-0.1, -0.05) is 24.3 Å². The molecule has 0 spiro atoms. The standard InChI is InChI=1S/C16H19FN2O2/c1-20-15-6-4-3-5-12(15)9-14(19-18)11-7-8-13(17)16(10-11)21-2/h3-8,10,14,19H,9,18H2,1-2H3. The normalized spacial score (nSPS) is 12.0. The van der Waals surface area contributed by atoms with Crippen molar-refractivity contribution in [1.29, 1.82) is 0 Å². The van der Waals surface area contributed by atoms with Crippen molar-refractivity contribution in [2.75, 3.05) is 14.2 Å². The smallest absolute Gasteiger partial charge is 0.165 e. The minimum atomic E-state index is -0.394. The van der Waals surface area contributed by atoms with Crippen LogP contribution < -0.4 is 20.7 Å². The second-order valence-corrected chi connectivity index (χ2v) is 4.63. The Kier molecular flexibility index (Phi) is 5.14. The van der Waals surface area contributed by atoms with Gasteiger partial charge in [0.05, 0.1) is 20.3 Å². The lowest BCUT2D eigenvalue weighted by atomic mass is 9.98. The predicted molar refractivity (Wildman–Crippen MR) is 79.7 cm³/mol. The van der Waals surface area contributed by atoms with E-state index in [2.05, 4.69) is 5.43 Å². The summed E-state index contributed by atoms with van der Waals surface area (Å²) in [5.41, 5.74) is 4.62. The lowest BCUT2D eigenvalue weighted by Crippen LogP contribution is -2.29. The molecule has 0 aliphatic heterocycles. The van der Waals surface area contributed by atoms with Gasteiger partial charge in [0.15, 0.2) is 11.6 Å². The number of methoxy groups -OCH3 is 2. The van der Waals surface area contributed by atoms with Gasteiger partial charge in [0.25, 0.3) is 0 Å². The summed E-state index contributed by atoms with van der Waals surface area (Å²) in [5, 5.41) is 0. The van der Waals surface area contributed by atoms with Crippen molar-refractivity contribution < 1.29 is 13.9 Å². The molecule has 1 unspecified atom stereocenters. The second kappa shape index (κ2) is 7.06. The molecule has 1 atom stereocenters. The summed E-state index contributed by atoms with van der Waals surface area (Å²) >= 11 is 0. The van der Waals surface area contributed by atoms with Gasteiger partial charge in [-0.3, -0.25) is 11.3 Å². The van der Waals surface area contributed by atoms with Crippen LogP contribution in [0.4, 0.5) is 4.39 Å². The van der Waals surface area contributed by atoms with Crippen molar-refractivity contribution in [1.82, 2.24) is 5.43 Å². The van der Waals surface area contributed by atoms with Crippen molar-refractivity contribution in [2.45, 2.75) is 12.5 Å². The number of benzene rings is 2. The summed E-state index contributed by atoms with van der Waals surface area (Å²) in [5.74, 6) is 6.25. The number of hydrogen-bond donors (Lipinski definition) is 2. The number of para-hydroxylation sites is 1. The summed E-state index contributed by atoms with van der Waals surface area (Å²) < 4.78 is 23.8. The lowest BCUT2D eigenvalue weighted by Gasteiger charge is -2.18. The Morgan fingerprint density at radius 3 is 2.48 bits per heavy atom. The molecule has 0 aliphatic carbocycles. The summed E-state index contributed by atoms with van der Waals surface area (Å²) in [4.78, 5) is 0. The van der Waals surface area contributed by atoms with Gasteiger partial charge >= 0.3 is 0 Å². The van der Waals surface area contributed by atoms with Crippen molar-refractivity contribution in [3.63, 3.8) is 0 Å². The highest BCUT2D eigenvalue weighted by molar-refractivity contribution is 5.37. The van der Waals surface area contributed by atoms with Crippen LogP contribution in [0.5, 0.6) is 11.5 Å². The zero-order valence-corrected chi connectivity index (χ0v) is 12.1. The maximum Gasteiger partial charge on any atom is 0.165 e. The molecule has 0 aliphatic rings. The molecule has 0 bridgehead atoms. The van der Waals surface area contributed by atoms with Gasteiger partial charge in [0.2, 0.25) is 0 Å². The molecule has 0 fully saturated rings. The monoisotopic (exact) mass is 290 g/mol. The molecule has 0 heterocycles. The number of hydrazine groups is 1. The van der Waals surface area contributed by atoms with Gasteiger partial charge in [-0.25, -0.2) is 4.39 Å². The summed E-state index contributed by atoms with van der Waals surface area (Å²) in [7, 11) is 3.07. The first-order chi connectivity index (χ1) is 10.2. The molecule has 0 saturated heterocycles. The topological polar surface area (TPSA) is 56.5 Å². The Hall–Kier alpha value is -2.11. The first-order valence-electron chi connectivity index (χ1n) is 6.61. The minimum absolute atomic E-state index is 0.171. The van der Waals surface area contributed by atoms with Gasteiger partial charge in [0, 0.05) is 0 Å². The van der Waals surface area contributed by atoms with Crippen molar-refractivity contribution >= 4 is 0 Å². The highest BCUT2D eigenvalue weighted by Gasteiger charge is 2.15. The summed E-state index contributed by atoms with van der Waals surface area (Å²) in [6.45, 7) is 0. The molecule has 2 aromatic rings. The van der Waals surface area contributed by atoms with Crippen LogP contribution in [0.25, 0.3) is 0 Å². The van der Waals surface area contributed by atoms with E-state index in [1.807, 2.05) is 24.3 Å². The van der Waals surface area contributed by atoms with E-state index < -0.39 is 5.82 Å². The van der Waals surface area contributed by atoms with Gasteiger partial charge in [-0.15, -0.1) is 0 Å². The number of ether oxygens (including phenoxy) is 2. The van der Waals surface area contributed by atoms with E-state index >= 15 is 0 Å². The third kappa shape index (κ3) is 3.51. The van der Waals surface area contributed by atoms with Crippen LogP contribution in [-0.4, -0.2) is 14.2 Å². The molecule has 112 valence electrons. The van der Waals surface area contributed by atoms with E-state index in [9.17, 15) is 4.39 Å². The number of nitrogens with one attached hydrogen (secondary N) is 1. The quantitative estimate of drug-likeness (QED) is 0.634. The van der Waals surface area contributed by atoms with Crippen LogP contribution in [-0.2, 0) is 6.42 Å². The van der Waals surface area contributed by atoms with Crippen LogP contribution in [0.2, 0.25) is 0 Å². The second-order valence-electron chi connectivity index (χ2n) is 4.63. The molecule has 21 heavy (non-hydrogen) atoms. The van der Waals surface area contributed by atoms with Gasteiger partial charge in [-0.05, 0) is 35.7 Å². The average Bonchev–Trinajstić information content (AvgIpc) is 2.53.